The average Bonchev–Trinajstić information content (AvgIpc) is 2.29. The van der Waals surface area contributed by atoms with Crippen molar-refractivity contribution in [2.24, 2.45) is 0 Å². The number of benzene rings is 1. The third kappa shape index (κ3) is 1.17. The molecular formula is C12H16N2. The van der Waals surface area contributed by atoms with Crippen molar-refractivity contribution in [3.63, 3.8) is 0 Å². The molecule has 0 bridgehead atoms. The van der Waals surface area contributed by atoms with Crippen molar-refractivity contribution in [1.82, 2.24) is 0 Å². The van der Waals surface area contributed by atoms with Crippen LogP contribution < -0.4 is 10.2 Å². The molecule has 0 amide bonds. The maximum atomic E-state index is 3.52. The van der Waals surface area contributed by atoms with Crippen molar-refractivity contribution >= 4 is 11.4 Å². The van der Waals surface area contributed by atoms with Gasteiger partial charge < -0.3 is 10.2 Å². The van der Waals surface area contributed by atoms with Gasteiger partial charge in [0.1, 0.15) is 0 Å². The number of para-hydroxylation sites is 2. The number of nitrogens with one attached hydrogen (secondary N) is 1. The Bertz CT molecular complexity index is 335. The summed E-state index contributed by atoms with van der Waals surface area (Å²) in [6, 6.07) is 9.40. The second kappa shape index (κ2) is 3.19. The van der Waals surface area contributed by atoms with Gasteiger partial charge in [0.25, 0.3) is 0 Å². The summed E-state index contributed by atoms with van der Waals surface area (Å²) < 4.78 is 0. The Balaban J connectivity index is 1.99. The van der Waals surface area contributed by atoms with E-state index in [0.29, 0.717) is 0 Å². The zero-order chi connectivity index (χ0) is 9.38. The van der Waals surface area contributed by atoms with Gasteiger partial charge in [-0.1, -0.05) is 12.1 Å². The van der Waals surface area contributed by atoms with Gasteiger partial charge in [0.05, 0.1) is 11.4 Å². The van der Waals surface area contributed by atoms with Crippen molar-refractivity contribution in [2.75, 3.05) is 23.3 Å². The molecule has 1 aromatic carbocycles. The first-order valence-electron chi connectivity index (χ1n) is 5.55. The Kier molecular flexibility index (Phi) is 1.86. The van der Waals surface area contributed by atoms with Crippen LogP contribution in [-0.4, -0.2) is 19.1 Å². The first kappa shape index (κ1) is 8.16. The van der Waals surface area contributed by atoms with Gasteiger partial charge >= 0.3 is 0 Å². The Morgan fingerprint density at radius 1 is 1.21 bits per heavy atom. The summed E-state index contributed by atoms with van der Waals surface area (Å²) in [6.07, 6.45) is 4.09. The van der Waals surface area contributed by atoms with Crippen LogP contribution in [0.1, 0.15) is 19.3 Å². The lowest BCUT2D eigenvalue weighted by molar-refractivity contribution is 0.466. The molecule has 0 unspecified atom stereocenters. The first-order valence-corrected chi connectivity index (χ1v) is 5.55. The molecule has 2 aliphatic rings. The Morgan fingerprint density at radius 2 is 2.14 bits per heavy atom. The maximum Gasteiger partial charge on any atom is 0.0605 e. The molecule has 2 heteroatoms. The molecule has 74 valence electrons. The van der Waals surface area contributed by atoms with E-state index in [2.05, 4.69) is 34.5 Å². The van der Waals surface area contributed by atoms with Crippen LogP contribution in [0.4, 0.5) is 11.4 Å². The third-order valence-corrected chi connectivity index (χ3v) is 3.37. The average molecular weight is 188 g/mol. The van der Waals surface area contributed by atoms with E-state index in [-0.39, 0.29) is 0 Å². The fourth-order valence-electron chi connectivity index (χ4n) is 2.63. The van der Waals surface area contributed by atoms with Crippen molar-refractivity contribution in [3.05, 3.63) is 24.3 Å². The fourth-order valence-corrected chi connectivity index (χ4v) is 2.63. The summed E-state index contributed by atoms with van der Waals surface area (Å²) in [5, 5.41) is 3.52. The van der Waals surface area contributed by atoms with E-state index in [1.807, 2.05) is 0 Å². The lowest BCUT2D eigenvalue weighted by Gasteiger charge is -2.42. The largest absolute Gasteiger partial charge is 0.381 e. The predicted octanol–water partition coefficient (Wildman–Crippen LogP) is 2.47. The van der Waals surface area contributed by atoms with Crippen LogP contribution in [0, 0.1) is 0 Å². The number of hydrogen-bond acceptors (Lipinski definition) is 2. The molecule has 2 heterocycles. The highest BCUT2D eigenvalue weighted by molar-refractivity contribution is 5.72. The smallest absolute Gasteiger partial charge is 0.0605 e. The Hall–Kier alpha value is -1.18. The Morgan fingerprint density at radius 3 is 3.14 bits per heavy atom. The van der Waals surface area contributed by atoms with Crippen molar-refractivity contribution in [3.8, 4) is 0 Å². The number of rotatable bonds is 0. The van der Waals surface area contributed by atoms with Crippen molar-refractivity contribution in [2.45, 2.75) is 25.3 Å². The van der Waals surface area contributed by atoms with Crippen molar-refractivity contribution in [1.29, 1.82) is 0 Å². The molecule has 0 aliphatic carbocycles. The molecule has 1 atom stereocenters. The number of piperidine rings is 1. The van der Waals surface area contributed by atoms with Gasteiger partial charge in [-0.3, -0.25) is 0 Å². The molecule has 0 radical (unpaired) electrons. The highest BCUT2D eigenvalue weighted by Crippen LogP contribution is 2.34. The van der Waals surface area contributed by atoms with E-state index in [4.69, 9.17) is 0 Å². The van der Waals surface area contributed by atoms with E-state index in [9.17, 15) is 0 Å². The quantitative estimate of drug-likeness (QED) is 0.673. The highest BCUT2D eigenvalue weighted by Gasteiger charge is 2.27. The lowest BCUT2D eigenvalue weighted by atomic mass is 9.98. The summed E-state index contributed by atoms with van der Waals surface area (Å²) in [5.74, 6) is 0. The number of fused-ring (bicyclic) bond motifs is 3. The molecule has 1 aromatic rings. The van der Waals surface area contributed by atoms with Crippen LogP contribution in [0.15, 0.2) is 24.3 Å². The van der Waals surface area contributed by atoms with Crippen LogP contribution in [-0.2, 0) is 0 Å². The highest BCUT2D eigenvalue weighted by atomic mass is 15.2. The normalized spacial score (nSPS) is 24.9. The summed E-state index contributed by atoms with van der Waals surface area (Å²) in [4.78, 5) is 2.58. The van der Waals surface area contributed by atoms with Crippen LogP contribution in [0.2, 0.25) is 0 Å². The van der Waals surface area contributed by atoms with Gasteiger partial charge in [-0.15, -0.1) is 0 Å². The topological polar surface area (TPSA) is 15.3 Å². The van der Waals surface area contributed by atoms with E-state index in [0.717, 1.165) is 12.6 Å². The molecular weight excluding hydrogens is 172 g/mol. The molecule has 0 saturated carbocycles. The summed E-state index contributed by atoms with van der Waals surface area (Å²) in [5.41, 5.74) is 2.72. The Labute approximate surface area is 84.9 Å². The zero-order valence-electron chi connectivity index (χ0n) is 8.37. The monoisotopic (exact) mass is 188 g/mol. The van der Waals surface area contributed by atoms with Crippen LogP contribution in [0.25, 0.3) is 0 Å². The minimum atomic E-state index is 0.735. The van der Waals surface area contributed by atoms with Gasteiger partial charge in [-0.05, 0) is 31.4 Å². The fraction of sp³-hybridized carbons (Fsp3) is 0.500. The number of anilines is 2. The SMILES string of the molecule is c1ccc2c(c1)NC[C@@H]1CCCCN21. The van der Waals surface area contributed by atoms with Gasteiger partial charge in [-0.2, -0.15) is 0 Å². The molecule has 1 saturated heterocycles. The number of hydrogen-bond donors (Lipinski definition) is 1. The molecule has 1 N–H and O–H groups in total. The van der Waals surface area contributed by atoms with E-state index in [1.54, 1.807) is 0 Å². The second-order valence-corrected chi connectivity index (χ2v) is 4.24. The minimum absolute atomic E-state index is 0.735. The maximum absolute atomic E-state index is 3.52. The molecule has 14 heavy (non-hydrogen) atoms. The number of nitrogens with zero attached hydrogens (tertiary/aromatic N) is 1. The van der Waals surface area contributed by atoms with E-state index < -0.39 is 0 Å². The molecule has 0 spiro atoms. The molecule has 0 aromatic heterocycles. The van der Waals surface area contributed by atoms with Gasteiger partial charge in [0.2, 0.25) is 0 Å². The summed E-state index contributed by atoms with van der Waals surface area (Å²) in [7, 11) is 0. The summed E-state index contributed by atoms with van der Waals surface area (Å²) >= 11 is 0. The second-order valence-electron chi connectivity index (χ2n) is 4.24. The van der Waals surface area contributed by atoms with Gasteiger partial charge in [0, 0.05) is 19.1 Å². The zero-order valence-corrected chi connectivity index (χ0v) is 8.37. The summed E-state index contributed by atoms with van der Waals surface area (Å²) in [6.45, 7) is 2.36. The first-order chi connectivity index (χ1) is 6.95. The molecule has 3 rings (SSSR count). The van der Waals surface area contributed by atoms with Gasteiger partial charge in [0.15, 0.2) is 0 Å². The van der Waals surface area contributed by atoms with E-state index in [1.165, 1.54) is 37.2 Å². The third-order valence-electron chi connectivity index (χ3n) is 3.37. The van der Waals surface area contributed by atoms with Crippen molar-refractivity contribution < 1.29 is 0 Å². The molecule has 2 nitrogen and oxygen atoms in total. The predicted molar refractivity (Wildman–Crippen MR) is 59.9 cm³/mol. The van der Waals surface area contributed by atoms with Crippen LogP contribution >= 0.6 is 0 Å². The van der Waals surface area contributed by atoms with Gasteiger partial charge in [-0.25, -0.2) is 0 Å². The van der Waals surface area contributed by atoms with Crippen LogP contribution in [0.3, 0.4) is 0 Å². The standard InChI is InChI=1S/C12H16N2/c1-2-7-12-11(6-1)13-9-10-5-3-4-8-14(10)12/h1-2,6-7,10,13H,3-5,8-9H2/t10-/m0/s1. The van der Waals surface area contributed by atoms with E-state index >= 15 is 0 Å². The molecule has 1 fully saturated rings. The minimum Gasteiger partial charge on any atom is -0.381 e. The lowest BCUT2D eigenvalue weighted by Crippen LogP contribution is -2.46. The molecule has 2 aliphatic heterocycles. The van der Waals surface area contributed by atoms with Crippen LogP contribution in [0.5, 0.6) is 0 Å².